The molecule has 3 heterocycles. The van der Waals surface area contributed by atoms with E-state index in [0.29, 0.717) is 18.1 Å². The molecule has 1 saturated carbocycles. The van der Waals surface area contributed by atoms with Gasteiger partial charge in [-0.2, -0.15) is 0 Å². The van der Waals surface area contributed by atoms with Gasteiger partial charge in [-0.25, -0.2) is 9.97 Å². The Morgan fingerprint density at radius 1 is 1.28 bits per heavy atom. The van der Waals surface area contributed by atoms with Gasteiger partial charge in [0.25, 0.3) is 0 Å². The maximum absolute atomic E-state index is 5.89. The maximum atomic E-state index is 5.89. The first-order chi connectivity index (χ1) is 8.88. The molecule has 96 valence electrons. The van der Waals surface area contributed by atoms with Gasteiger partial charge in [-0.15, -0.1) is 0 Å². The van der Waals surface area contributed by atoms with Gasteiger partial charge in [-0.05, 0) is 38.2 Å². The monoisotopic (exact) mass is 245 g/mol. The van der Waals surface area contributed by atoms with E-state index in [0.717, 1.165) is 30.5 Å². The second-order valence-corrected chi connectivity index (χ2v) is 5.78. The van der Waals surface area contributed by atoms with E-state index >= 15 is 0 Å². The van der Waals surface area contributed by atoms with Crippen LogP contribution >= 0.6 is 0 Å². The minimum absolute atomic E-state index is 0.377. The third-order valence-electron chi connectivity index (χ3n) is 4.32. The smallest absolute Gasteiger partial charge is 0.134 e. The van der Waals surface area contributed by atoms with E-state index in [1.165, 1.54) is 25.7 Å². The second kappa shape index (κ2) is 4.28. The Labute approximate surface area is 107 Å². The molecule has 0 spiro atoms. The zero-order valence-corrected chi connectivity index (χ0v) is 10.5. The highest BCUT2D eigenvalue weighted by Gasteiger charge is 2.42. The minimum atomic E-state index is 0.377. The van der Waals surface area contributed by atoms with Crippen LogP contribution in [0.2, 0.25) is 0 Å². The van der Waals surface area contributed by atoms with Crippen LogP contribution in [0.15, 0.2) is 12.3 Å². The van der Waals surface area contributed by atoms with Crippen LogP contribution in [0.25, 0.3) is 0 Å². The first-order valence-electron chi connectivity index (χ1n) is 7.09. The Kier molecular flexibility index (Phi) is 2.59. The fraction of sp³-hybridized carbons (Fsp3) is 0.714. The van der Waals surface area contributed by atoms with Crippen LogP contribution < -0.4 is 5.32 Å². The Hall–Kier alpha value is -1.00. The fourth-order valence-corrected chi connectivity index (χ4v) is 3.14. The van der Waals surface area contributed by atoms with Crippen molar-refractivity contribution in [2.75, 3.05) is 0 Å². The Morgan fingerprint density at radius 3 is 2.94 bits per heavy atom. The van der Waals surface area contributed by atoms with Gasteiger partial charge in [0.2, 0.25) is 0 Å². The third-order valence-corrected chi connectivity index (χ3v) is 4.32. The van der Waals surface area contributed by atoms with Crippen molar-refractivity contribution >= 4 is 0 Å². The van der Waals surface area contributed by atoms with E-state index in [1.54, 1.807) is 0 Å². The molecule has 3 aliphatic rings. The molecular formula is C14H19N3O. The summed E-state index contributed by atoms with van der Waals surface area (Å²) in [5.74, 6) is 1.43. The summed E-state index contributed by atoms with van der Waals surface area (Å²) in [5.41, 5.74) is 1.12. The lowest BCUT2D eigenvalue weighted by Gasteiger charge is -2.17. The molecule has 2 aliphatic heterocycles. The molecule has 4 rings (SSSR count). The average Bonchev–Trinajstić information content (AvgIpc) is 3.00. The van der Waals surface area contributed by atoms with Gasteiger partial charge in [-0.1, -0.05) is 0 Å². The number of fused-ring (bicyclic) bond motifs is 2. The van der Waals surface area contributed by atoms with Crippen LogP contribution in [0.1, 0.15) is 49.5 Å². The summed E-state index contributed by atoms with van der Waals surface area (Å²) in [7, 11) is 0. The van der Waals surface area contributed by atoms with Gasteiger partial charge in [-0.3, -0.25) is 0 Å². The quantitative estimate of drug-likeness (QED) is 0.878. The summed E-state index contributed by atoms with van der Waals surface area (Å²) in [6.45, 7) is 0.877. The molecular weight excluding hydrogens is 226 g/mol. The lowest BCUT2D eigenvalue weighted by atomic mass is 9.88. The Bertz CT molecular complexity index is 446. The Morgan fingerprint density at radius 2 is 2.22 bits per heavy atom. The van der Waals surface area contributed by atoms with E-state index in [2.05, 4.69) is 10.3 Å². The van der Waals surface area contributed by atoms with Gasteiger partial charge >= 0.3 is 0 Å². The number of ether oxygens (including phenoxy) is 1. The van der Waals surface area contributed by atoms with Gasteiger partial charge in [0.05, 0.1) is 17.9 Å². The molecule has 18 heavy (non-hydrogen) atoms. The SMILES string of the molecule is c1cc(CNC2CC2)nc(C2CC3CCC2O3)n1. The van der Waals surface area contributed by atoms with Crippen molar-refractivity contribution in [2.45, 2.75) is 62.8 Å². The van der Waals surface area contributed by atoms with Crippen molar-refractivity contribution < 1.29 is 4.74 Å². The van der Waals surface area contributed by atoms with Crippen LogP contribution in [0, 0.1) is 0 Å². The normalized spacial score (nSPS) is 34.1. The third kappa shape index (κ3) is 2.04. The molecule has 4 heteroatoms. The molecule has 3 fully saturated rings. The molecule has 1 aromatic rings. The van der Waals surface area contributed by atoms with Crippen molar-refractivity contribution in [2.24, 2.45) is 0 Å². The topological polar surface area (TPSA) is 47.0 Å². The largest absolute Gasteiger partial charge is 0.374 e. The highest BCUT2D eigenvalue weighted by molar-refractivity contribution is 5.11. The van der Waals surface area contributed by atoms with Crippen molar-refractivity contribution in [3.8, 4) is 0 Å². The maximum Gasteiger partial charge on any atom is 0.134 e. The molecule has 0 amide bonds. The van der Waals surface area contributed by atoms with E-state index in [9.17, 15) is 0 Å². The first kappa shape index (κ1) is 10.9. The van der Waals surface area contributed by atoms with Gasteiger partial charge in [0.1, 0.15) is 5.82 Å². The van der Waals surface area contributed by atoms with Crippen molar-refractivity contribution in [3.05, 3.63) is 23.8 Å². The van der Waals surface area contributed by atoms with Crippen LogP contribution in [-0.4, -0.2) is 28.2 Å². The molecule has 0 aromatic carbocycles. The van der Waals surface area contributed by atoms with Crippen molar-refractivity contribution in [1.82, 2.24) is 15.3 Å². The van der Waals surface area contributed by atoms with Gasteiger partial charge in [0.15, 0.2) is 0 Å². The molecule has 2 saturated heterocycles. The van der Waals surface area contributed by atoms with E-state index in [1.807, 2.05) is 12.3 Å². The standard InChI is InChI=1S/C14H19N3O/c1-2-9(1)16-8-10-5-6-15-14(17-10)12-7-11-3-4-13(12)18-11/h5-6,9,11-13,16H,1-4,7-8H2. The second-order valence-electron chi connectivity index (χ2n) is 5.78. The molecule has 3 unspecified atom stereocenters. The highest BCUT2D eigenvalue weighted by Crippen LogP contribution is 2.43. The number of aromatic nitrogens is 2. The van der Waals surface area contributed by atoms with Crippen LogP contribution in [-0.2, 0) is 11.3 Å². The van der Waals surface area contributed by atoms with Crippen LogP contribution in [0.4, 0.5) is 0 Å². The van der Waals surface area contributed by atoms with E-state index < -0.39 is 0 Å². The summed E-state index contributed by atoms with van der Waals surface area (Å²) < 4.78 is 5.89. The molecule has 2 bridgehead atoms. The van der Waals surface area contributed by atoms with E-state index in [4.69, 9.17) is 9.72 Å². The average molecular weight is 245 g/mol. The number of hydrogen-bond acceptors (Lipinski definition) is 4. The number of rotatable bonds is 4. The summed E-state index contributed by atoms with van der Waals surface area (Å²) in [5, 5.41) is 3.50. The summed E-state index contributed by atoms with van der Waals surface area (Å²) in [4.78, 5) is 9.18. The highest BCUT2D eigenvalue weighted by atomic mass is 16.5. The van der Waals surface area contributed by atoms with Crippen LogP contribution in [0.3, 0.4) is 0 Å². The number of hydrogen-bond donors (Lipinski definition) is 1. The Balaban J connectivity index is 1.48. The van der Waals surface area contributed by atoms with Gasteiger partial charge < -0.3 is 10.1 Å². The summed E-state index contributed by atoms with van der Waals surface area (Å²) in [6.07, 6.45) is 8.91. The minimum Gasteiger partial charge on any atom is -0.374 e. The zero-order valence-electron chi connectivity index (χ0n) is 10.5. The molecule has 4 nitrogen and oxygen atoms in total. The predicted molar refractivity (Wildman–Crippen MR) is 67.1 cm³/mol. The molecule has 1 N–H and O–H groups in total. The molecule has 3 atom stereocenters. The van der Waals surface area contributed by atoms with Crippen molar-refractivity contribution in [3.63, 3.8) is 0 Å². The zero-order chi connectivity index (χ0) is 11.9. The van der Waals surface area contributed by atoms with Crippen LogP contribution in [0.5, 0.6) is 0 Å². The lowest BCUT2D eigenvalue weighted by molar-refractivity contribution is 0.0998. The molecule has 1 aliphatic carbocycles. The number of nitrogens with zero attached hydrogens (tertiary/aromatic N) is 2. The molecule has 1 aromatic heterocycles. The lowest BCUT2D eigenvalue weighted by Crippen LogP contribution is -2.20. The summed E-state index contributed by atoms with van der Waals surface area (Å²) in [6, 6.07) is 2.75. The summed E-state index contributed by atoms with van der Waals surface area (Å²) >= 11 is 0. The first-order valence-corrected chi connectivity index (χ1v) is 7.09. The number of nitrogens with one attached hydrogen (secondary N) is 1. The fourth-order valence-electron chi connectivity index (χ4n) is 3.14. The van der Waals surface area contributed by atoms with Gasteiger partial charge in [0, 0.05) is 24.7 Å². The molecule has 0 radical (unpaired) electrons. The predicted octanol–water partition coefficient (Wildman–Crippen LogP) is 1.76. The van der Waals surface area contributed by atoms with Crippen molar-refractivity contribution in [1.29, 1.82) is 0 Å². The van der Waals surface area contributed by atoms with E-state index in [-0.39, 0.29) is 0 Å².